The van der Waals surface area contributed by atoms with E-state index in [0.717, 1.165) is 13.0 Å². The Morgan fingerprint density at radius 1 is 1.48 bits per heavy atom. The molecule has 2 rings (SSSR count). The van der Waals surface area contributed by atoms with Crippen molar-refractivity contribution in [1.29, 1.82) is 0 Å². The van der Waals surface area contributed by atoms with Gasteiger partial charge in [0, 0.05) is 37.4 Å². The Kier molecular flexibility index (Phi) is 4.42. The summed E-state index contributed by atoms with van der Waals surface area (Å²) in [6.07, 6.45) is 0.930. The highest BCUT2D eigenvalue weighted by molar-refractivity contribution is 5.99. The van der Waals surface area contributed by atoms with E-state index in [2.05, 4.69) is 11.8 Å². The molecule has 1 atom stereocenters. The minimum atomic E-state index is -0.542. The Morgan fingerprint density at radius 2 is 2.19 bits per heavy atom. The molecule has 1 aliphatic rings. The summed E-state index contributed by atoms with van der Waals surface area (Å²) in [7, 11) is 2.03. The minimum Gasteiger partial charge on any atom is -0.399 e. The summed E-state index contributed by atoms with van der Waals surface area (Å²) in [5.74, 6) is -0.319. The van der Waals surface area contributed by atoms with Crippen LogP contribution < -0.4 is 5.73 Å². The van der Waals surface area contributed by atoms with Crippen molar-refractivity contribution < 1.29 is 9.72 Å². The van der Waals surface area contributed by atoms with E-state index in [1.165, 1.54) is 18.2 Å². The molecule has 1 aliphatic heterocycles. The van der Waals surface area contributed by atoms with Crippen LogP contribution in [0, 0.1) is 10.1 Å². The van der Waals surface area contributed by atoms with Gasteiger partial charge < -0.3 is 10.6 Å². The molecule has 1 unspecified atom stereocenters. The molecule has 0 radical (unpaired) electrons. The van der Waals surface area contributed by atoms with Crippen LogP contribution >= 0.6 is 0 Å². The fourth-order valence-electron chi connectivity index (χ4n) is 2.63. The standard InChI is InChI=1S/C14H20N4O3/c1-3-11-9-17(7-6-16(11)2)14(19)12-8-10(15)4-5-13(12)18(20)21/h4-5,8,11H,3,6-7,9,15H2,1-2H3. The summed E-state index contributed by atoms with van der Waals surface area (Å²) in [5, 5.41) is 11.1. The summed E-state index contributed by atoms with van der Waals surface area (Å²) in [5.41, 5.74) is 5.90. The fourth-order valence-corrected chi connectivity index (χ4v) is 2.63. The number of rotatable bonds is 3. The van der Waals surface area contributed by atoms with Crippen LogP contribution in [0.1, 0.15) is 23.7 Å². The van der Waals surface area contributed by atoms with Crippen LogP contribution in [0.4, 0.5) is 11.4 Å². The third-order valence-corrected chi connectivity index (χ3v) is 3.98. The number of nitro benzene ring substituents is 1. The van der Waals surface area contributed by atoms with Gasteiger partial charge in [-0.1, -0.05) is 6.92 Å². The molecule has 0 saturated carbocycles. The van der Waals surface area contributed by atoms with Gasteiger partial charge in [-0.3, -0.25) is 19.8 Å². The number of carbonyl (C=O) groups excluding carboxylic acids is 1. The van der Waals surface area contributed by atoms with Crippen LogP contribution in [-0.2, 0) is 0 Å². The lowest BCUT2D eigenvalue weighted by Gasteiger charge is -2.39. The molecular formula is C14H20N4O3. The first kappa shape index (κ1) is 15.2. The van der Waals surface area contributed by atoms with Crippen LogP contribution in [-0.4, -0.2) is 53.4 Å². The van der Waals surface area contributed by atoms with Crippen LogP contribution in [0.5, 0.6) is 0 Å². The monoisotopic (exact) mass is 292 g/mol. The second kappa shape index (κ2) is 6.09. The van der Waals surface area contributed by atoms with E-state index in [1.54, 1.807) is 4.90 Å². The van der Waals surface area contributed by atoms with E-state index in [4.69, 9.17) is 5.73 Å². The van der Waals surface area contributed by atoms with Gasteiger partial charge in [-0.25, -0.2) is 0 Å². The van der Waals surface area contributed by atoms with Gasteiger partial charge in [0.05, 0.1) is 4.92 Å². The highest BCUT2D eigenvalue weighted by Crippen LogP contribution is 2.24. The highest BCUT2D eigenvalue weighted by Gasteiger charge is 2.30. The molecule has 114 valence electrons. The van der Waals surface area contributed by atoms with Crippen molar-refractivity contribution >= 4 is 17.3 Å². The molecule has 1 aromatic carbocycles. The summed E-state index contributed by atoms with van der Waals surface area (Å²) in [6, 6.07) is 4.39. The van der Waals surface area contributed by atoms with E-state index >= 15 is 0 Å². The van der Waals surface area contributed by atoms with E-state index in [0.29, 0.717) is 18.8 Å². The molecule has 7 nitrogen and oxygen atoms in total. The fraction of sp³-hybridized carbons (Fsp3) is 0.500. The second-order valence-electron chi connectivity index (χ2n) is 5.33. The Morgan fingerprint density at radius 3 is 2.81 bits per heavy atom. The maximum atomic E-state index is 12.6. The molecule has 21 heavy (non-hydrogen) atoms. The number of likely N-dealkylation sites (N-methyl/N-ethyl adjacent to an activating group) is 1. The van der Waals surface area contributed by atoms with Gasteiger partial charge in [0.2, 0.25) is 0 Å². The second-order valence-corrected chi connectivity index (χ2v) is 5.33. The number of carbonyl (C=O) groups is 1. The number of piperazine rings is 1. The maximum Gasteiger partial charge on any atom is 0.282 e. The zero-order valence-corrected chi connectivity index (χ0v) is 12.3. The van der Waals surface area contributed by atoms with Gasteiger partial charge in [0.1, 0.15) is 5.56 Å². The Bertz CT molecular complexity index is 561. The van der Waals surface area contributed by atoms with E-state index in [1.807, 2.05) is 7.05 Å². The largest absolute Gasteiger partial charge is 0.399 e. The Hall–Kier alpha value is -2.15. The first-order chi connectivity index (χ1) is 9.93. The first-order valence-corrected chi connectivity index (χ1v) is 6.97. The number of hydrogen-bond donors (Lipinski definition) is 1. The number of amides is 1. The maximum absolute atomic E-state index is 12.6. The third-order valence-electron chi connectivity index (χ3n) is 3.98. The number of hydrogen-bond acceptors (Lipinski definition) is 5. The first-order valence-electron chi connectivity index (χ1n) is 6.97. The van der Waals surface area contributed by atoms with Crippen molar-refractivity contribution in [2.24, 2.45) is 0 Å². The zero-order valence-electron chi connectivity index (χ0n) is 12.3. The van der Waals surface area contributed by atoms with Gasteiger partial charge in [-0.2, -0.15) is 0 Å². The molecule has 0 aliphatic carbocycles. The number of nitrogens with two attached hydrogens (primary N) is 1. The average Bonchev–Trinajstić information content (AvgIpc) is 2.46. The van der Waals surface area contributed by atoms with Gasteiger partial charge in [0.25, 0.3) is 11.6 Å². The lowest BCUT2D eigenvalue weighted by Crippen LogP contribution is -2.53. The highest BCUT2D eigenvalue weighted by atomic mass is 16.6. The van der Waals surface area contributed by atoms with Crippen LogP contribution in [0.2, 0.25) is 0 Å². The number of anilines is 1. The molecule has 1 aromatic rings. The zero-order chi connectivity index (χ0) is 15.6. The number of nitro groups is 1. The number of nitrogen functional groups attached to an aromatic ring is 1. The lowest BCUT2D eigenvalue weighted by atomic mass is 10.1. The van der Waals surface area contributed by atoms with Crippen molar-refractivity contribution in [3.05, 3.63) is 33.9 Å². The van der Waals surface area contributed by atoms with Crippen molar-refractivity contribution in [3.8, 4) is 0 Å². The molecule has 2 N–H and O–H groups in total. The van der Waals surface area contributed by atoms with Crippen molar-refractivity contribution in [1.82, 2.24) is 9.80 Å². The van der Waals surface area contributed by atoms with Crippen molar-refractivity contribution in [2.75, 3.05) is 32.4 Å². The van der Waals surface area contributed by atoms with E-state index in [9.17, 15) is 14.9 Å². The molecule has 1 fully saturated rings. The third kappa shape index (κ3) is 3.13. The number of benzene rings is 1. The van der Waals surface area contributed by atoms with Crippen LogP contribution in [0.25, 0.3) is 0 Å². The summed E-state index contributed by atoms with van der Waals surface area (Å²) < 4.78 is 0. The van der Waals surface area contributed by atoms with Gasteiger partial charge in [-0.15, -0.1) is 0 Å². The number of nitrogens with zero attached hydrogens (tertiary/aromatic N) is 3. The van der Waals surface area contributed by atoms with Gasteiger partial charge in [-0.05, 0) is 25.6 Å². The predicted octanol–water partition coefficient (Wildman–Crippen LogP) is 1.34. The molecule has 0 aromatic heterocycles. The topological polar surface area (TPSA) is 92.7 Å². The van der Waals surface area contributed by atoms with Gasteiger partial charge in [0.15, 0.2) is 0 Å². The normalized spacial score (nSPS) is 19.5. The van der Waals surface area contributed by atoms with E-state index < -0.39 is 4.92 Å². The molecule has 1 heterocycles. The average molecular weight is 292 g/mol. The molecule has 1 amide bonds. The Labute approximate surface area is 123 Å². The minimum absolute atomic E-state index is 0.0689. The van der Waals surface area contributed by atoms with Crippen molar-refractivity contribution in [2.45, 2.75) is 19.4 Å². The molecule has 0 bridgehead atoms. The van der Waals surface area contributed by atoms with Crippen LogP contribution in [0.3, 0.4) is 0 Å². The molecule has 0 spiro atoms. The summed E-state index contributed by atoms with van der Waals surface area (Å²) in [6.45, 7) is 3.98. The van der Waals surface area contributed by atoms with Crippen LogP contribution in [0.15, 0.2) is 18.2 Å². The Balaban J connectivity index is 2.28. The van der Waals surface area contributed by atoms with Crippen molar-refractivity contribution in [3.63, 3.8) is 0 Å². The molecular weight excluding hydrogens is 272 g/mol. The van der Waals surface area contributed by atoms with E-state index in [-0.39, 0.29) is 23.2 Å². The summed E-state index contributed by atoms with van der Waals surface area (Å²) >= 11 is 0. The predicted molar refractivity (Wildman–Crippen MR) is 80.1 cm³/mol. The summed E-state index contributed by atoms with van der Waals surface area (Å²) in [4.78, 5) is 27.0. The smallest absolute Gasteiger partial charge is 0.282 e. The molecule has 7 heteroatoms. The van der Waals surface area contributed by atoms with Gasteiger partial charge >= 0.3 is 0 Å². The quantitative estimate of drug-likeness (QED) is 0.515. The molecule has 1 saturated heterocycles. The lowest BCUT2D eigenvalue weighted by molar-refractivity contribution is -0.385. The SMILES string of the molecule is CCC1CN(C(=O)c2cc(N)ccc2[N+](=O)[O-])CCN1C.